The van der Waals surface area contributed by atoms with Crippen molar-refractivity contribution in [3.63, 3.8) is 0 Å². The molecule has 1 heterocycles. The monoisotopic (exact) mass is 172 g/mol. The third-order valence-electron chi connectivity index (χ3n) is 1.73. The van der Waals surface area contributed by atoms with E-state index in [1.165, 1.54) is 0 Å². The summed E-state index contributed by atoms with van der Waals surface area (Å²) >= 11 is 0. The van der Waals surface area contributed by atoms with Gasteiger partial charge in [-0.3, -0.25) is 0 Å². The van der Waals surface area contributed by atoms with Gasteiger partial charge in [0.2, 0.25) is 0 Å². The number of hydrogen-bond donors (Lipinski definition) is 0. The Morgan fingerprint density at radius 2 is 1.58 bits per heavy atom. The Labute approximate surface area is 73.3 Å². The highest BCUT2D eigenvalue weighted by Crippen LogP contribution is 2.26. The van der Waals surface area contributed by atoms with E-state index in [0.29, 0.717) is 6.61 Å². The van der Waals surface area contributed by atoms with Crippen LogP contribution in [0.5, 0.6) is 0 Å². The van der Waals surface area contributed by atoms with Gasteiger partial charge < -0.3 is 14.2 Å². The van der Waals surface area contributed by atoms with Gasteiger partial charge in [0.1, 0.15) is 11.5 Å². The van der Waals surface area contributed by atoms with E-state index in [9.17, 15) is 0 Å². The summed E-state index contributed by atoms with van der Waals surface area (Å²) in [5.74, 6) is 1.85. The lowest BCUT2D eigenvalue weighted by molar-refractivity contribution is -0.225. The lowest BCUT2D eigenvalue weighted by atomic mass is 10.3. The molecule has 0 atom stereocenters. The maximum atomic E-state index is 5.39. The summed E-state index contributed by atoms with van der Waals surface area (Å²) in [4.78, 5) is 0. The van der Waals surface area contributed by atoms with E-state index in [1.807, 2.05) is 20.8 Å². The molecule has 3 heteroatoms. The first kappa shape index (κ1) is 9.39. The van der Waals surface area contributed by atoms with Crippen LogP contribution in [0.1, 0.15) is 33.6 Å². The molecule has 0 aromatic rings. The average molecular weight is 172 g/mol. The predicted molar refractivity (Wildman–Crippen MR) is 45.2 cm³/mol. The molecule has 0 bridgehead atoms. The van der Waals surface area contributed by atoms with Crippen molar-refractivity contribution in [2.24, 2.45) is 0 Å². The normalized spacial score (nSPS) is 17.9. The Bertz CT molecular complexity index is 159. The summed E-state index contributed by atoms with van der Waals surface area (Å²) in [5.41, 5.74) is 0. The van der Waals surface area contributed by atoms with Crippen LogP contribution in [0, 0.1) is 0 Å². The van der Waals surface area contributed by atoms with Gasteiger partial charge in [-0.05, 0) is 6.92 Å². The van der Waals surface area contributed by atoms with E-state index in [1.54, 1.807) is 0 Å². The van der Waals surface area contributed by atoms with Crippen molar-refractivity contribution in [2.75, 3.05) is 6.61 Å². The SMILES string of the molecule is CCOC1OC(CC)=C(CC)O1. The summed E-state index contributed by atoms with van der Waals surface area (Å²) in [6, 6.07) is 0. The number of hydrogen-bond acceptors (Lipinski definition) is 3. The molecule has 3 nitrogen and oxygen atoms in total. The molecule has 0 radical (unpaired) electrons. The molecule has 1 aliphatic heterocycles. The summed E-state index contributed by atoms with van der Waals surface area (Å²) in [6.07, 6.45) is 1.74. The van der Waals surface area contributed by atoms with Gasteiger partial charge in [-0.25, -0.2) is 0 Å². The standard InChI is InChI=1S/C9H16O3/c1-4-7-8(5-2)12-9(11-7)10-6-3/h9H,4-6H2,1-3H3. The topological polar surface area (TPSA) is 27.7 Å². The van der Waals surface area contributed by atoms with Crippen molar-refractivity contribution in [3.05, 3.63) is 11.5 Å². The van der Waals surface area contributed by atoms with Crippen LogP contribution in [0.15, 0.2) is 11.5 Å². The molecule has 12 heavy (non-hydrogen) atoms. The zero-order valence-electron chi connectivity index (χ0n) is 7.92. The maximum absolute atomic E-state index is 5.39. The highest BCUT2D eigenvalue weighted by atomic mass is 16.9. The van der Waals surface area contributed by atoms with Gasteiger partial charge in [0, 0.05) is 12.8 Å². The molecule has 70 valence electrons. The van der Waals surface area contributed by atoms with Gasteiger partial charge in [0.15, 0.2) is 0 Å². The largest absolute Gasteiger partial charge is 0.433 e. The maximum Gasteiger partial charge on any atom is 0.360 e. The zero-order valence-corrected chi connectivity index (χ0v) is 7.92. The fourth-order valence-electron chi connectivity index (χ4n) is 1.15. The molecule has 0 aliphatic carbocycles. The van der Waals surface area contributed by atoms with Crippen molar-refractivity contribution in [2.45, 2.75) is 40.1 Å². The molecule has 0 aromatic carbocycles. The molecular weight excluding hydrogens is 156 g/mol. The molecule has 0 fully saturated rings. The smallest absolute Gasteiger partial charge is 0.360 e. The molecule has 0 amide bonds. The molecule has 0 N–H and O–H groups in total. The summed E-state index contributed by atoms with van der Waals surface area (Å²) < 4.78 is 16.0. The summed E-state index contributed by atoms with van der Waals surface area (Å²) in [5, 5.41) is 0. The number of allylic oxidation sites excluding steroid dienone is 2. The molecule has 1 aliphatic rings. The van der Waals surface area contributed by atoms with Gasteiger partial charge in [-0.2, -0.15) is 0 Å². The predicted octanol–water partition coefficient (Wildman–Crippen LogP) is 2.38. The molecule has 0 unspecified atom stereocenters. The van der Waals surface area contributed by atoms with Gasteiger partial charge in [-0.1, -0.05) is 13.8 Å². The first-order chi connectivity index (χ1) is 5.81. The Balaban J connectivity index is 2.47. The van der Waals surface area contributed by atoms with Gasteiger partial charge in [0.05, 0.1) is 6.61 Å². The Hall–Kier alpha value is -0.700. The second-order valence-corrected chi connectivity index (χ2v) is 2.53. The molecule has 0 saturated carbocycles. The molecule has 0 saturated heterocycles. The van der Waals surface area contributed by atoms with E-state index in [2.05, 4.69) is 0 Å². The highest BCUT2D eigenvalue weighted by molar-refractivity contribution is 5.03. The Kier molecular flexibility index (Phi) is 3.41. The highest BCUT2D eigenvalue weighted by Gasteiger charge is 2.24. The van der Waals surface area contributed by atoms with Crippen LogP contribution in [0.3, 0.4) is 0 Å². The van der Waals surface area contributed by atoms with E-state index >= 15 is 0 Å². The third-order valence-corrected chi connectivity index (χ3v) is 1.73. The van der Waals surface area contributed by atoms with Gasteiger partial charge in [0.25, 0.3) is 0 Å². The lowest BCUT2D eigenvalue weighted by Crippen LogP contribution is -2.13. The fraction of sp³-hybridized carbons (Fsp3) is 0.778. The average Bonchev–Trinajstić information content (AvgIpc) is 2.48. The van der Waals surface area contributed by atoms with E-state index in [0.717, 1.165) is 24.4 Å². The Morgan fingerprint density at radius 3 is 1.92 bits per heavy atom. The van der Waals surface area contributed by atoms with Gasteiger partial charge >= 0.3 is 6.48 Å². The minimum atomic E-state index is -0.500. The van der Waals surface area contributed by atoms with Crippen LogP contribution < -0.4 is 0 Å². The third kappa shape index (κ3) is 1.91. The number of rotatable bonds is 4. The van der Waals surface area contributed by atoms with E-state index < -0.39 is 6.48 Å². The number of ether oxygens (including phenoxy) is 3. The zero-order chi connectivity index (χ0) is 8.97. The van der Waals surface area contributed by atoms with Crippen LogP contribution >= 0.6 is 0 Å². The minimum Gasteiger partial charge on any atom is -0.433 e. The quantitative estimate of drug-likeness (QED) is 0.651. The molecule has 0 spiro atoms. The van der Waals surface area contributed by atoms with Crippen molar-refractivity contribution in [1.29, 1.82) is 0 Å². The molecule has 0 aromatic heterocycles. The van der Waals surface area contributed by atoms with Crippen LogP contribution in [-0.2, 0) is 14.2 Å². The Morgan fingerprint density at radius 1 is 1.08 bits per heavy atom. The van der Waals surface area contributed by atoms with Crippen molar-refractivity contribution in [1.82, 2.24) is 0 Å². The van der Waals surface area contributed by atoms with Crippen LogP contribution in [-0.4, -0.2) is 13.1 Å². The van der Waals surface area contributed by atoms with Crippen molar-refractivity contribution in [3.8, 4) is 0 Å². The first-order valence-corrected chi connectivity index (χ1v) is 4.48. The van der Waals surface area contributed by atoms with Crippen molar-refractivity contribution < 1.29 is 14.2 Å². The van der Waals surface area contributed by atoms with Crippen molar-refractivity contribution >= 4 is 0 Å². The second-order valence-electron chi connectivity index (χ2n) is 2.53. The van der Waals surface area contributed by atoms with Crippen LogP contribution in [0.4, 0.5) is 0 Å². The van der Waals surface area contributed by atoms with E-state index in [4.69, 9.17) is 14.2 Å². The van der Waals surface area contributed by atoms with E-state index in [-0.39, 0.29) is 0 Å². The summed E-state index contributed by atoms with van der Waals surface area (Å²) in [6.45, 7) is 6.12. The van der Waals surface area contributed by atoms with Crippen LogP contribution in [0.25, 0.3) is 0 Å². The minimum absolute atomic E-state index is 0.500. The fourth-order valence-corrected chi connectivity index (χ4v) is 1.15. The lowest BCUT2D eigenvalue weighted by Gasteiger charge is -2.10. The second kappa shape index (κ2) is 4.36. The molecule has 1 rings (SSSR count). The summed E-state index contributed by atoms with van der Waals surface area (Å²) in [7, 11) is 0. The van der Waals surface area contributed by atoms with Crippen LogP contribution in [0.2, 0.25) is 0 Å². The molecular formula is C9H16O3. The van der Waals surface area contributed by atoms with Gasteiger partial charge in [-0.15, -0.1) is 0 Å². The first-order valence-electron chi connectivity index (χ1n) is 4.48.